The summed E-state index contributed by atoms with van der Waals surface area (Å²) in [6.45, 7) is 3.45. The van der Waals surface area contributed by atoms with Crippen LogP contribution in [0.2, 0.25) is 0 Å². The summed E-state index contributed by atoms with van der Waals surface area (Å²) in [7, 11) is -1.73. The van der Waals surface area contributed by atoms with Crippen LogP contribution in [-0.2, 0) is 17.2 Å². The molecule has 13 heavy (non-hydrogen) atoms. The van der Waals surface area contributed by atoms with Crippen LogP contribution in [0, 0.1) is 13.8 Å². The minimum atomic E-state index is -3.46. The first-order chi connectivity index (χ1) is 5.81. The lowest BCUT2D eigenvalue weighted by Gasteiger charge is -2.01. The SMILES string of the molecule is Cc1nn(C)c(C)c1OS(C)(=O)=O. The average Bonchev–Trinajstić information content (AvgIpc) is 2.14. The van der Waals surface area contributed by atoms with Crippen LogP contribution in [0.1, 0.15) is 11.4 Å². The van der Waals surface area contributed by atoms with Crippen LogP contribution in [0.3, 0.4) is 0 Å². The van der Waals surface area contributed by atoms with E-state index in [1.807, 2.05) is 0 Å². The third-order valence-electron chi connectivity index (χ3n) is 1.68. The molecule has 0 amide bonds. The van der Waals surface area contributed by atoms with Gasteiger partial charge in [-0.25, -0.2) is 0 Å². The number of hydrogen-bond donors (Lipinski definition) is 0. The van der Waals surface area contributed by atoms with E-state index < -0.39 is 10.1 Å². The first-order valence-electron chi connectivity index (χ1n) is 3.71. The van der Waals surface area contributed by atoms with Gasteiger partial charge in [0.2, 0.25) is 0 Å². The minimum absolute atomic E-state index is 0.324. The van der Waals surface area contributed by atoms with Crippen LogP contribution in [0.5, 0.6) is 5.75 Å². The van der Waals surface area contributed by atoms with Crippen molar-refractivity contribution in [1.29, 1.82) is 0 Å². The summed E-state index contributed by atoms with van der Waals surface area (Å²) in [5, 5.41) is 4.02. The number of hydrogen-bond acceptors (Lipinski definition) is 4. The normalized spacial score (nSPS) is 11.7. The molecule has 0 saturated carbocycles. The maximum Gasteiger partial charge on any atom is 0.306 e. The summed E-state index contributed by atoms with van der Waals surface area (Å²) < 4.78 is 28.1. The highest BCUT2D eigenvalue weighted by Crippen LogP contribution is 2.22. The Morgan fingerprint density at radius 1 is 1.38 bits per heavy atom. The molecule has 0 fully saturated rings. The van der Waals surface area contributed by atoms with Gasteiger partial charge in [0.15, 0.2) is 5.75 Å². The van der Waals surface area contributed by atoms with Crippen LogP contribution in [-0.4, -0.2) is 24.5 Å². The second-order valence-corrected chi connectivity index (χ2v) is 4.49. The fourth-order valence-corrected chi connectivity index (χ4v) is 1.57. The van der Waals surface area contributed by atoms with Gasteiger partial charge in [0.05, 0.1) is 11.9 Å². The summed E-state index contributed by atoms with van der Waals surface area (Å²) in [4.78, 5) is 0. The van der Waals surface area contributed by atoms with E-state index in [0.717, 1.165) is 6.26 Å². The fourth-order valence-electron chi connectivity index (χ4n) is 1.03. The van der Waals surface area contributed by atoms with Crippen LogP contribution < -0.4 is 4.18 Å². The van der Waals surface area contributed by atoms with Crippen molar-refractivity contribution in [3.05, 3.63) is 11.4 Å². The molecular weight excluding hydrogens is 192 g/mol. The van der Waals surface area contributed by atoms with E-state index in [-0.39, 0.29) is 0 Å². The van der Waals surface area contributed by atoms with Gasteiger partial charge in [0, 0.05) is 7.05 Å². The molecule has 74 valence electrons. The predicted octanol–water partition coefficient (Wildman–Crippen LogP) is 0.375. The molecule has 0 aliphatic rings. The van der Waals surface area contributed by atoms with E-state index in [2.05, 4.69) is 5.10 Å². The van der Waals surface area contributed by atoms with E-state index in [1.54, 1.807) is 25.6 Å². The molecule has 1 rings (SSSR count). The quantitative estimate of drug-likeness (QED) is 0.653. The van der Waals surface area contributed by atoms with Gasteiger partial charge in [0.1, 0.15) is 5.69 Å². The van der Waals surface area contributed by atoms with Gasteiger partial charge in [-0.1, -0.05) is 0 Å². The summed E-state index contributed by atoms with van der Waals surface area (Å²) in [6.07, 6.45) is 1.01. The van der Waals surface area contributed by atoms with E-state index in [0.29, 0.717) is 17.1 Å². The van der Waals surface area contributed by atoms with E-state index in [4.69, 9.17) is 4.18 Å². The fraction of sp³-hybridized carbons (Fsp3) is 0.571. The first kappa shape index (κ1) is 10.0. The molecule has 0 radical (unpaired) electrons. The lowest BCUT2D eigenvalue weighted by Crippen LogP contribution is -2.07. The van der Waals surface area contributed by atoms with E-state index in [1.165, 1.54) is 0 Å². The van der Waals surface area contributed by atoms with E-state index in [9.17, 15) is 8.42 Å². The molecular formula is C7H12N2O3S. The molecule has 0 N–H and O–H groups in total. The Morgan fingerprint density at radius 2 is 1.92 bits per heavy atom. The Labute approximate surface area is 77.4 Å². The van der Waals surface area contributed by atoms with Crippen molar-refractivity contribution in [3.8, 4) is 5.75 Å². The highest BCUT2D eigenvalue weighted by Gasteiger charge is 2.14. The van der Waals surface area contributed by atoms with Gasteiger partial charge in [-0.05, 0) is 13.8 Å². The van der Waals surface area contributed by atoms with E-state index >= 15 is 0 Å². The first-order valence-corrected chi connectivity index (χ1v) is 5.52. The maximum absolute atomic E-state index is 10.9. The lowest BCUT2D eigenvalue weighted by atomic mass is 10.3. The molecule has 1 heterocycles. The van der Waals surface area contributed by atoms with Gasteiger partial charge in [-0.3, -0.25) is 4.68 Å². The largest absolute Gasteiger partial charge is 0.379 e. The van der Waals surface area contributed by atoms with Crippen LogP contribution in [0.25, 0.3) is 0 Å². The van der Waals surface area contributed by atoms with Gasteiger partial charge in [0.25, 0.3) is 0 Å². The second kappa shape index (κ2) is 3.02. The Balaban J connectivity index is 3.15. The average molecular weight is 204 g/mol. The van der Waals surface area contributed by atoms with Crippen molar-refractivity contribution in [1.82, 2.24) is 9.78 Å². The number of rotatable bonds is 2. The van der Waals surface area contributed by atoms with Crippen LogP contribution >= 0.6 is 0 Å². The van der Waals surface area contributed by atoms with Crippen LogP contribution in [0.4, 0.5) is 0 Å². The zero-order valence-corrected chi connectivity index (χ0v) is 8.84. The number of aryl methyl sites for hydroxylation is 2. The summed E-state index contributed by atoms with van der Waals surface area (Å²) in [6, 6.07) is 0. The summed E-state index contributed by atoms with van der Waals surface area (Å²) >= 11 is 0. The molecule has 6 heteroatoms. The van der Waals surface area contributed by atoms with Crippen molar-refractivity contribution >= 4 is 10.1 Å². The van der Waals surface area contributed by atoms with Crippen molar-refractivity contribution < 1.29 is 12.6 Å². The van der Waals surface area contributed by atoms with Crippen molar-refractivity contribution in [2.45, 2.75) is 13.8 Å². The van der Waals surface area contributed by atoms with Gasteiger partial charge in [-0.2, -0.15) is 13.5 Å². The molecule has 0 unspecified atom stereocenters. The molecule has 0 aliphatic carbocycles. The minimum Gasteiger partial charge on any atom is -0.379 e. The topological polar surface area (TPSA) is 61.2 Å². The standard InChI is InChI=1S/C7H12N2O3S/c1-5-7(12-13(4,10)11)6(2)9(3)8-5/h1-4H3. The third-order valence-corrected chi connectivity index (χ3v) is 2.15. The van der Waals surface area contributed by atoms with Crippen molar-refractivity contribution in [3.63, 3.8) is 0 Å². The molecule has 1 aromatic rings. The highest BCUT2D eigenvalue weighted by atomic mass is 32.2. The van der Waals surface area contributed by atoms with Crippen molar-refractivity contribution in [2.24, 2.45) is 7.05 Å². The maximum atomic E-state index is 10.9. The zero-order valence-electron chi connectivity index (χ0n) is 8.03. The molecule has 0 aliphatic heterocycles. The molecule has 5 nitrogen and oxygen atoms in total. The Bertz CT molecular complexity index is 419. The third kappa shape index (κ3) is 2.21. The van der Waals surface area contributed by atoms with Gasteiger partial charge < -0.3 is 4.18 Å². The van der Waals surface area contributed by atoms with Gasteiger partial charge in [-0.15, -0.1) is 0 Å². The molecule has 1 aromatic heterocycles. The Hall–Kier alpha value is -1.04. The summed E-state index contributed by atoms with van der Waals surface area (Å²) in [5.74, 6) is 0.324. The van der Waals surface area contributed by atoms with Crippen LogP contribution in [0.15, 0.2) is 0 Å². The Morgan fingerprint density at radius 3 is 2.23 bits per heavy atom. The lowest BCUT2D eigenvalue weighted by molar-refractivity contribution is 0.488. The second-order valence-electron chi connectivity index (χ2n) is 2.91. The predicted molar refractivity (Wildman–Crippen MR) is 48.2 cm³/mol. The molecule has 0 saturated heterocycles. The summed E-state index contributed by atoms with van der Waals surface area (Å²) in [5.41, 5.74) is 1.27. The molecule has 0 atom stereocenters. The smallest absolute Gasteiger partial charge is 0.306 e. The highest BCUT2D eigenvalue weighted by molar-refractivity contribution is 7.86. The monoisotopic (exact) mass is 204 g/mol. The molecule has 0 spiro atoms. The van der Waals surface area contributed by atoms with Crippen molar-refractivity contribution in [2.75, 3.05) is 6.26 Å². The number of aromatic nitrogens is 2. The van der Waals surface area contributed by atoms with Gasteiger partial charge >= 0.3 is 10.1 Å². The molecule has 0 bridgehead atoms. The zero-order chi connectivity index (χ0) is 10.2. The molecule has 0 aromatic carbocycles. The Kier molecular flexibility index (Phi) is 2.34. The number of nitrogens with zero attached hydrogens (tertiary/aromatic N) is 2.